The molecule has 0 atom stereocenters. The summed E-state index contributed by atoms with van der Waals surface area (Å²) in [6, 6.07) is 0. The predicted octanol–water partition coefficient (Wildman–Crippen LogP) is 0.878. The average molecular weight is 363 g/mol. The fourth-order valence-electron chi connectivity index (χ4n) is 2.60. The Morgan fingerprint density at radius 3 is 2.58 bits per heavy atom. The van der Waals surface area contributed by atoms with Gasteiger partial charge in [-0.15, -0.1) is 0 Å². The first-order valence-electron chi connectivity index (χ1n) is 8.08. The lowest BCUT2D eigenvalue weighted by atomic mass is 10.2. The summed E-state index contributed by atoms with van der Waals surface area (Å²) >= 11 is 0. The van der Waals surface area contributed by atoms with Crippen LogP contribution in [-0.4, -0.2) is 37.6 Å². The highest BCUT2D eigenvalue weighted by Crippen LogP contribution is 2.16. The minimum atomic E-state index is -0.906. The quantitative estimate of drug-likeness (QED) is 0.391. The zero-order valence-electron chi connectivity index (χ0n) is 14.9. The summed E-state index contributed by atoms with van der Waals surface area (Å²) in [5.41, 5.74) is -1.45. The highest BCUT2D eigenvalue weighted by atomic mass is 16.6. The summed E-state index contributed by atoms with van der Waals surface area (Å²) in [4.78, 5) is 35.8. The molecular formula is C16H21N5O5. The molecule has 2 aromatic heterocycles. The lowest BCUT2D eigenvalue weighted by molar-refractivity contribution is -0.387. The van der Waals surface area contributed by atoms with Gasteiger partial charge in [0.2, 0.25) is 0 Å². The standard InChI is InChI=1S/C16H21N5O5/c1-4-19-15(22)14(21(24)25)13(7-6-12-10-17-18(2)11-12)20(16(19)23)8-5-9-26-3/h6-7,10-11H,4-5,8-9H2,1-3H3. The van der Waals surface area contributed by atoms with E-state index in [-0.39, 0.29) is 18.8 Å². The first-order chi connectivity index (χ1) is 12.4. The summed E-state index contributed by atoms with van der Waals surface area (Å²) in [6.07, 6.45) is 6.75. The lowest BCUT2D eigenvalue weighted by Crippen LogP contribution is -2.42. The Balaban J connectivity index is 2.67. The number of aromatic nitrogens is 4. The van der Waals surface area contributed by atoms with Crippen molar-refractivity contribution in [3.63, 3.8) is 0 Å². The molecule has 0 aliphatic heterocycles. The third kappa shape index (κ3) is 3.97. The molecule has 0 aliphatic carbocycles. The minimum Gasteiger partial charge on any atom is -0.385 e. The van der Waals surface area contributed by atoms with Gasteiger partial charge in [0.15, 0.2) is 0 Å². The van der Waals surface area contributed by atoms with Crippen molar-refractivity contribution in [1.29, 1.82) is 0 Å². The van der Waals surface area contributed by atoms with Crippen LogP contribution in [0.3, 0.4) is 0 Å². The van der Waals surface area contributed by atoms with E-state index in [1.165, 1.54) is 17.8 Å². The SMILES string of the molecule is CCn1c(=O)c([N+](=O)[O-])c(C=Cc2cnn(C)c2)n(CCCOC)c1=O. The van der Waals surface area contributed by atoms with Crippen LogP contribution >= 0.6 is 0 Å². The first kappa shape index (κ1) is 19.3. The molecule has 2 rings (SSSR count). The number of hydrogen-bond donors (Lipinski definition) is 0. The lowest BCUT2D eigenvalue weighted by Gasteiger charge is -2.13. The van der Waals surface area contributed by atoms with Crippen molar-refractivity contribution >= 4 is 17.8 Å². The van der Waals surface area contributed by atoms with Gasteiger partial charge in [-0.3, -0.25) is 28.7 Å². The van der Waals surface area contributed by atoms with Gasteiger partial charge >= 0.3 is 16.9 Å². The maximum absolute atomic E-state index is 12.6. The Labute approximate surface area is 149 Å². The van der Waals surface area contributed by atoms with Crippen molar-refractivity contribution in [3.8, 4) is 0 Å². The van der Waals surface area contributed by atoms with Gasteiger partial charge in [-0.05, 0) is 25.5 Å². The number of hydrogen-bond acceptors (Lipinski definition) is 6. The Morgan fingerprint density at radius 1 is 1.31 bits per heavy atom. The molecule has 26 heavy (non-hydrogen) atoms. The molecule has 0 saturated carbocycles. The van der Waals surface area contributed by atoms with Gasteiger partial charge in [-0.25, -0.2) is 4.79 Å². The van der Waals surface area contributed by atoms with Crippen LogP contribution in [0.15, 0.2) is 22.0 Å². The fourth-order valence-corrected chi connectivity index (χ4v) is 2.60. The normalized spacial score (nSPS) is 11.3. The van der Waals surface area contributed by atoms with Crippen molar-refractivity contribution in [2.24, 2.45) is 7.05 Å². The molecular weight excluding hydrogens is 342 g/mol. The maximum atomic E-state index is 12.6. The second kappa shape index (κ2) is 8.39. The number of ether oxygens (including phenoxy) is 1. The van der Waals surface area contributed by atoms with Gasteiger partial charge < -0.3 is 4.74 Å². The van der Waals surface area contributed by atoms with Crippen molar-refractivity contribution < 1.29 is 9.66 Å². The molecule has 10 nitrogen and oxygen atoms in total. The third-order valence-electron chi connectivity index (χ3n) is 3.83. The molecule has 0 aliphatic rings. The highest BCUT2D eigenvalue weighted by molar-refractivity contribution is 5.71. The Morgan fingerprint density at radius 2 is 2.04 bits per heavy atom. The Bertz CT molecular complexity index is 937. The summed E-state index contributed by atoms with van der Waals surface area (Å²) in [7, 11) is 3.27. The molecule has 0 bridgehead atoms. The highest BCUT2D eigenvalue weighted by Gasteiger charge is 2.25. The Kier molecular flexibility index (Phi) is 6.23. The van der Waals surface area contributed by atoms with E-state index in [0.717, 1.165) is 4.57 Å². The molecule has 140 valence electrons. The smallest absolute Gasteiger partial charge is 0.357 e. The van der Waals surface area contributed by atoms with Crippen LogP contribution in [0.5, 0.6) is 0 Å². The molecule has 0 spiro atoms. The molecule has 2 aromatic rings. The van der Waals surface area contributed by atoms with Crippen molar-refractivity contribution in [2.45, 2.75) is 26.4 Å². The number of nitrogens with zero attached hydrogens (tertiary/aromatic N) is 5. The van der Waals surface area contributed by atoms with E-state index in [4.69, 9.17) is 4.74 Å². The van der Waals surface area contributed by atoms with Gasteiger partial charge in [0.1, 0.15) is 5.69 Å². The molecule has 0 N–H and O–H groups in total. The zero-order valence-corrected chi connectivity index (χ0v) is 14.9. The van der Waals surface area contributed by atoms with E-state index < -0.39 is 21.9 Å². The van der Waals surface area contributed by atoms with Crippen molar-refractivity contribution in [2.75, 3.05) is 13.7 Å². The first-order valence-corrected chi connectivity index (χ1v) is 8.08. The third-order valence-corrected chi connectivity index (χ3v) is 3.83. The Hall–Kier alpha value is -3.01. The van der Waals surface area contributed by atoms with E-state index in [9.17, 15) is 19.7 Å². The molecule has 0 fully saturated rings. The van der Waals surface area contributed by atoms with Crippen LogP contribution in [0.1, 0.15) is 24.6 Å². The second-order valence-corrected chi connectivity index (χ2v) is 5.60. The van der Waals surface area contributed by atoms with E-state index in [0.29, 0.717) is 18.6 Å². The molecule has 2 heterocycles. The monoisotopic (exact) mass is 363 g/mol. The average Bonchev–Trinajstić information content (AvgIpc) is 3.00. The maximum Gasteiger partial charge on any atom is 0.357 e. The van der Waals surface area contributed by atoms with Gasteiger partial charge in [0.05, 0.1) is 11.1 Å². The summed E-state index contributed by atoms with van der Waals surface area (Å²) < 4.78 is 8.68. The molecule has 0 aromatic carbocycles. The van der Waals surface area contributed by atoms with Crippen molar-refractivity contribution in [1.82, 2.24) is 18.9 Å². The van der Waals surface area contributed by atoms with Gasteiger partial charge in [-0.2, -0.15) is 5.10 Å². The van der Waals surface area contributed by atoms with Crippen LogP contribution in [0, 0.1) is 10.1 Å². The molecule has 0 unspecified atom stereocenters. The number of nitro groups is 1. The second-order valence-electron chi connectivity index (χ2n) is 5.60. The molecule has 0 amide bonds. The van der Waals surface area contributed by atoms with E-state index >= 15 is 0 Å². The topological polar surface area (TPSA) is 114 Å². The molecule has 0 saturated heterocycles. The summed E-state index contributed by atoms with van der Waals surface area (Å²) in [6.45, 7) is 2.23. The summed E-state index contributed by atoms with van der Waals surface area (Å²) in [5.74, 6) is 0. The van der Waals surface area contributed by atoms with E-state index in [1.54, 1.807) is 37.1 Å². The minimum absolute atomic E-state index is 0.0327. The van der Waals surface area contributed by atoms with Crippen molar-refractivity contribution in [3.05, 3.63) is 54.6 Å². The largest absolute Gasteiger partial charge is 0.385 e. The zero-order chi connectivity index (χ0) is 19.3. The van der Waals surface area contributed by atoms with Gasteiger partial charge in [0, 0.05) is 45.6 Å². The van der Waals surface area contributed by atoms with Crippen LogP contribution in [-0.2, 0) is 24.9 Å². The van der Waals surface area contributed by atoms with Crippen LogP contribution < -0.4 is 11.2 Å². The summed E-state index contributed by atoms with van der Waals surface area (Å²) in [5, 5.41) is 15.5. The van der Waals surface area contributed by atoms with Crippen LogP contribution in [0.2, 0.25) is 0 Å². The van der Waals surface area contributed by atoms with Gasteiger partial charge in [0.25, 0.3) is 0 Å². The predicted molar refractivity (Wildman–Crippen MR) is 95.9 cm³/mol. The van der Waals surface area contributed by atoms with E-state index in [1.807, 2.05) is 0 Å². The number of aryl methyl sites for hydroxylation is 1. The fraction of sp³-hybridized carbons (Fsp3) is 0.438. The molecule has 0 radical (unpaired) electrons. The van der Waals surface area contributed by atoms with Crippen LogP contribution in [0.25, 0.3) is 12.2 Å². The van der Waals surface area contributed by atoms with E-state index in [2.05, 4.69) is 5.10 Å². The van der Waals surface area contributed by atoms with Crippen LogP contribution in [0.4, 0.5) is 5.69 Å². The number of methoxy groups -OCH3 is 1. The van der Waals surface area contributed by atoms with Gasteiger partial charge in [-0.1, -0.05) is 0 Å². The number of rotatable bonds is 8. The molecule has 10 heteroatoms.